The zero-order chi connectivity index (χ0) is 9.26. The van der Waals surface area contributed by atoms with Gasteiger partial charge in [-0.05, 0) is 24.8 Å². The zero-order valence-electron chi connectivity index (χ0n) is 8.11. The predicted octanol–water partition coefficient (Wildman–Crippen LogP) is 1.61. The quantitative estimate of drug-likeness (QED) is 0.763. The first kappa shape index (κ1) is 8.75. The lowest BCUT2D eigenvalue weighted by atomic mass is 10.1. The Kier molecular flexibility index (Phi) is 2.36. The van der Waals surface area contributed by atoms with Crippen molar-refractivity contribution >= 4 is 0 Å². The molecule has 3 nitrogen and oxygen atoms in total. The summed E-state index contributed by atoms with van der Waals surface area (Å²) in [5.74, 6) is 0.967. The maximum absolute atomic E-state index is 6.01. The third kappa shape index (κ3) is 2.31. The van der Waals surface area contributed by atoms with Crippen LogP contribution in [0.5, 0.6) is 0 Å². The van der Waals surface area contributed by atoms with Crippen molar-refractivity contribution in [1.29, 1.82) is 0 Å². The third-order valence-corrected chi connectivity index (χ3v) is 2.70. The molecule has 0 amide bonds. The van der Waals surface area contributed by atoms with Crippen LogP contribution >= 0.6 is 0 Å². The van der Waals surface area contributed by atoms with E-state index >= 15 is 0 Å². The van der Waals surface area contributed by atoms with E-state index in [-0.39, 0.29) is 6.04 Å². The SMILES string of the molecule is Cn1ccc(C(N)CCC2CC2)n1. The fraction of sp³-hybridized carbons (Fsp3) is 0.700. The Bertz CT molecular complexity index is 275. The number of rotatable bonds is 4. The molecule has 0 aliphatic heterocycles. The van der Waals surface area contributed by atoms with Gasteiger partial charge in [-0.15, -0.1) is 0 Å². The van der Waals surface area contributed by atoms with Gasteiger partial charge in [-0.3, -0.25) is 4.68 Å². The van der Waals surface area contributed by atoms with Crippen molar-refractivity contribution in [2.45, 2.75) is 31.7 Å². The predicted molar refractivity (Wildman–Crippen MR) is 52.1 cm³/mol. The Balaban J connectivity index is 1.84. The van der Waals surface area contributed by atoms with Gasteiger partial charge in [0, 0.05) is 19.3 Å². The summed E-state index contributed by atoms with van der Waals surface area (Å²) < 4.78 is 1.81. The minimum Gasteiger partial charge on any atom is -0.323 e. The van der Waals surface area contributed by atoms with Crippen LogP contribution in [0.2, 0.25) is 0 Å². The van der Waals surface area contributed by atoms with E-state index in [1.165, 1.54) is 19.3 Å². The average molecular weight is 179 g/mol. The Labute approximate surface area is 78.9 Å². The van der Waals surface area contributed by atoms with Crippen molar-refractivity contribution in [1.82, 2.24) is 9.78 Å². The molecule has 0 spiro atoms. The fourth-order valence-electron chi connectivity index (χ4n) is 1.60. The Hall–Kier alpha value is -0.830. The molecule has 3 heteroatoms. The lowest BCUT2D eigenvalue weighted by molar-refractivity contribution is 0.556. The van der Waals surface area contributed by atoms with Crippen LogP contribution in [0.1, 0.15) is 37.4 Å². The largest absolute Gasteiger partial charge is 0.323 e. The van der Waals surface area contributed by atoms with Crippen LogP contribution in [0.3, 0.4) is 0 Å². The van der Waals surface area contributed by atoms with Gasteiger partial charge in [-0.2, -0.15) is 5.10 Å². The highest BCUT2D eigenvalue weighted by Gasteiger charge is 2.22. The first-order chi connectivity index (χ1) is 6.25. The van der Waals surface area contributed by atoms with Gasteiger partial charge < -0.3 is 5.73 Å². The number of aromatic nitrogens is 2. The summed E-state index contributed by atoms with van der Waals surface area (Å²) in [5.41, 5.74) is 7.04. The second-order valence-electron chi connectivity index (χ2n) is 4.04. The third-order valence-electron chi connectivity index (χ3n) is 2.70. The molecule has 2 N–H and O–H groups in total. The molecule has 1 heterocycles. The second kappa shape index (κ2) is 3.50. The molecule has 0 radical (unpaired) electrons. The van der Waals surface area contributed by atoms with Crippen LogP contribution < -0.4 is 5.73 Å². The molecular formula is C10H17N3. The normalized spacial score (nSPS) is 18.9. The number of nitrogens with two attached hydrogens (primary N) is 1. The lowest BCUT2D eigenvalue weighted by Crippen LogP contribution is -2.11. The maximum atomic E-state index is 6.01. The highest BCUT2D eigenvalue weighted by atomic mass is 15.3. The Morgan fingerprint density at radius 3 is 3.00 bits per heavy atom. The number of aryl methyl sites for hydroxylation is 1. The summed E-state index contributed by atoms with van der Waals surface area (Å²) in [5, 5.41) is 4.30. The number of nitrogens with zero attached hydrogens (tertiary/aromatic N) is 2. The van der Waals surface area contributed by atoms with Crippen LogP contribution in [0.4, 0.5) is 0 Å². The van der Waals surface area contributed by atoms with Crippen LogP contribution in [0.15, 0.2) is 12.3 Å². The molecule has 2 rings (SSSR count). The molecule has 72 valence electrons. The van der Waals surface area contributed by atoms with Gasteiger partial charge in [0.05, 0.1) is 5.69 Å². The molecular weight excluding hydrogens is 162 g/mol. The van der Waals surface area contributed by atoms with Gasteiger partial charge in [0.1, 0.15) is 0 Å². The summed E-state index contributed by atoms with van der Waals surface area (Å²) in [4.78, 5) is 0. The summed E-state index contributed by atoms with van der Waals surface area (Å²) >= 11 is 0. The van der Waals surface area contributed by atoms with E-state index in [2.05, 4.69) is 5.10 Å². The fourth-order valence-corrected chi connectivity index (χ4v) is 1.60. The summed E-state index contributed by atoms with van der Waals surface area (Å²) in [6.07, 6.45) is 7.13. The average Bonchev–Trinajstić information content (AvgIpc) is 2.84. The van der Waals surface area contributed by atoms with Gasteiger partial charge in [0.25, 0.3) is 0 Å². The molecule has 1 aromatic rings. The van der Waals surface area contributed by atoms with Gasteiger partial charge >= 0.3 is 0 Å². The van der Waals surface area contributed by atoms with Gasteiger partial charge in [0.2, 0.25) is 0 Å². The van der Waals surface area contributed by atoms with Gasteiger partial charge in [-0.1, -0.05) is 12.8 Å². The maximum Gasteiger partial charge on any atom is 0.0791 e. The lowest BCUT2D eigenvalue weighted by Gasteiger charge is -2.07. The van der Waals surface area contributed by atoms with Crippen molar-refractivity contribution in [3.8, 4) is 0 Å². The first-order valence-electron chi connectivity index (χ1n) is 5.01. The van der Waals surface area contributed by atoms with E-state index in [1.807, 2.05) is 24.0 Å². The molecule has 0 aromatic carbocycles. The summed E-state index contributed by atoms with van der Waals surface area (Å²) in [6.45, 7) is 0. The van der Waals surface area contributed by atoms with E-state index in [1.54, 1.807) is 0 Å². The van der Waals surface area contributed by atoms with Crippen molar-refractivity contribution in [3.63, 3.8) is 0 Å². The summed E-state index contributed by atoms with van der Waals surface area (Å²) in [7, 11) is 1.93. The number of hydrogen-bond donors (Lipinski definition) is 1. The molecule has 0 bridgehead atoms. The van der Waals surface area contributed by atoms with E-state index in [0.29, 0.717) is 0 Å². The molecule has 1 atom stereocenters. The molecule has 1 aromatic heterocycles. The Morgan fingerprint density at radius 2 is 2.46 bits per heavy atom. The minimum absolute atomic E-state index is 0.141. The number of hydrogen-bond acceptors (Lipinski definition) is 2. The molecule has 1 aliphatic rings. The Morgan fingerprint density at radius 1 is 1.69 bits per heavy atom. The topological polar surface area (TPSA) is 43.8 Å². The highest BCUT2D eigenvalue weighted by Crippen LogP contribution is 2.35. The second-order valence-corrected chi connectivity index (χ2v) is 4.04. The molecule has 1 unspecified atom stereocenters. The monoisotopic (exact) mass is 179 g/mol. The van der Waals surface area contributed by atoms with Crippen LogP contribution in [0, 0.1) is 5.92 Å². The van der Waals surface area contributed by atoms with Gasteiger partial charge in [0.15, 0.2) is 0 Å². The molecule has 1 saturated carbocycles. The first-order valence-corrected chi connectivity index (χ1v) is 5.01. The molecule has 13 heavy (non-hydrogen) atoms. The summed E-state index contributed by atoms with van der Waals surface area (Å²) in [6, 6.07) is 2.15. The van der Waals surface area contributed by atoms with Crippen molar-refractivity contribution in [2.75, 3.05) is 0 Å². The molecule has 1 fully saturated rings. The van der Waals surface area contributed by atoms with E-state index in [9.17, 15) is 0 Å². The van der Waals surface area contributed by atoms with Crippen molar-refractivity contribution in [2.24, 2.45) is 18.7 Å². The van der Waals surface area contributed by atoms with Gasteiger partial charge in [-0.25, -0.2) is 0 Å². The molecule has 0 saturated heterocycles. The van der Waals surface area contributed by atoms with Crippen LogP contribution in [-0.2, 0) is 7.05 Å². The smallest absolute Gasteiger partial charge is 0.0791 e. The van der Waals surface area contributed by atoms with E-state index < -0.39 is 0 Å². The standard InChI is InChI=1S/C10H17N3/c1-13-7-6-10(12-13)9(11)5-4-8-2-3-8/h6-9H,2-5,11H2,1H3. The molecule has 1 aliphatic carbocycles. The van der Waals surface area contributed by atoms with E-state index in [0.717, 1.165) is 18.0 Å². The van der Waals surface area contributed by atoms with E-state index in [4.69, 9.17) is 5.73 Å². The van der Waals surface area contributed by atoms with Crippen LogP contribution in [0.25, 0.3) is 0 Å². The highest BCUT2D eigenvalue weighted by molar-refractivity contribution is 5.04. The van der Waals surface area contributed by atoms with Crippen LogP contribution in [-0.4, -0.2) is 9.78 Å². The van der Waals surface area contributed by atoms with Crippen molar-refractivity contribution in [3.05, 3.63) is 18.0 Å². The van der Waals surface area contributed by atoms with Crippen molar-refractivity contribution < 1.29 is 0 Å². The zero-order valence-corrected chi connectivity index (χ0v) is 8.11. The minimum atomic E-state index is 0.141.